The van der Waals surface area contributed by atoms with Crippen molar-refractivity contribution in [2.24, 2.45) is 5.73 Å². The van der Waals surface area contributed by atoms with Crippen molar-refractivity contribution in [3.8, 4) is 0 Å². The minimum atomic E-state index is -0.346. The third kappa shape index (κ3) is 4.02. The molecule has 0 amide bonds. The van der Waals surface area contributed by atoms with Crippen LogP contribution < -0.4 is 5.73 Å². The molecular weight excluding hydrogens is 256 g/mol. The lowest BCUT2D eigenvalue weighted by Crippen LogP contribution is -2.46. The van der Waals surface area contributed by atoms with E-state index in [1.54, 1.807) is 12.1 Å². The quantitative estimate of drug-likeness (QED) is 0.493. The molecule has 0 aromatic heterocycles. The Morgan fingerprint density at radius 2 is 1.95 bits per heavy atom. The summed E-state index contributed by atoms with van der Waals surface area (Å²) in [6, 6.07) is 6.80. The third-order valence-corrected chi connectivity index (χ3v) is 3.94. The molecule has 0 radical (unpaired) electrons. The summed E-state index contributed by atoms with van der Waals surface area (Å²) < 4.78 is 5.67. The predicted octanol–water partition coefficient (Wildman–Crippen LogP) is 2.82. The second kappa shape index (κ2) is 6.81. The Balaban J connectivity index is 1.80. The molecule has 1 saturated carbocycles. The molecule has 0 bridgehead atoms. The molecule has 2 rings (SSSR count). The first-order valence-corrected chi connectivity index (χ1v) is 7.20. The van der Waals surface area contributed by atoms with E-state index in [4.69, 9.17) is 10.5 Å². The first-order valence-electron chi connectivity index (χ1n) is 7.20. The Kier molecular flexibility index (Phi) is 5.09. The van der Waals surface area contributed by atoms with Gasteiger partial charge in [0.2, 0.25) is 0 Å². The minimum Gasteiger partial charge on any atom is -0.379 e. The minimum absolute atomic E-state index is 0.163. The zero-order valence-corrected chi connectivity index (χ0v) is 11.7. The topological polar surface area (TPSA) is 78.4 Å². The van der Waals surface area contributed by atoms with Crippen molar-refractivity contribution in [1.82, 2.24) is 0 Å². The lowest BCUT2D eigenvalue weighted by atomic mass is 9.83. The number of nitrogens with two attached hydrogens (primary N) is 1. The van der Waals surface area contributed by atoms with Crippen LogP contribution in [0, 0.1) is 10.1 Å². The first kappa shape index (κ1) is 14.9. The number of rotatable bonds is 6. The van der Waals surface area contributed by atoms with E-state index in [2.05, 4.69) is 0 Å². The molecule has 0 unspecified atom stereocenters. The van der Waals surface area contributed by atoms with Crippen LogP contribution in [0.15, 0.2) is 24.3 Å². The van der Waals surface area contributed by atoms with Crippen LogP contribution >= 0.6 is 0 Å². The summed E-state index contributed by atoms with van der Waals surface area (Å²) in [5, 5.41) is 10.9. The Morgan fingerprint density at radius 3 is 2.65 bits per heavy atom. The van der Waals surface area contributed by atoms with E-state index in [0.29, 0.717) is 25.2 Å². The SMILES string of the molecule is NC1(COCCc2ccccc2[N+](=O)[O-])CCCCC1. The average Bonchev–Trinajstić information content (AvgIpc) is 2.45. The fourth-order valence-electron chi connectivity index (χ4n) is 2.76. The molecule has 20 heavy (non-hydrogen) atoms. The Labute approximate surface area is 119 Å². The van der Waals surface area contributed by atoms with Crippen molar-refractivity contribution < 1.29 is 9.66 Å². The molecule has 0 spiro atoms. The maximum atomic E-state index is 10.9. The van der Waals surface area contributed by atoms with E-state index in [0.717, 1.165) is 12.8 Å². The maximum absolute atomic E-state index is 10.9. The van der Waals surface area contributed by atoms with Crippen LogP contribution in [0.5, 0.6) is 0 Å². The van der Waals surface area contributed by atoms with Crippen LogP contribution in [-0.2, 0) is 11.2 Å². The van der Waals surface area contributed by atoms with Crippen LogP contribution in [0.1, 0.15) is 37.7 Å². The van der Waals surface area contributed by atoms with E-state index < -0.39 is 0 Å². The summed E-state index contributed by atoms with van der Waals surface area (Å²) >= 11 is 0. The van der Waals surface area contributed by atoms with Crippen LogP contribution in [0.4, 0.5) is 5.69 Å². The zero-order valence-electron chi connectivity index (χ0n) is 11.7. The Morgan fingerprint density at radius 1 is 1.25 bits per heavy atom. The van der Waals surface area contributed by atoms with Gasteiger partial charge in [-0.1, -0.05) is 37.5 Å². The highest BCUT2D eigenvalue weighted by atomic mass is 16.6. The van der Waals surface area contributed by atoms with Gasteiger partial charge in [-0.25, -0.2) is 0 Å². The van der Waals surface area contributed by atoms with E-state index in [-0.39, 0.29) is 16.1 Å². The van der Waals surface area contributed by atoms with Gasteiger partial charge in [-0.05, 0) is 12.8 Å². The van der Waals surface area contributed by atoms with Gasteiger partial charge in [0.1, 0.15) is 0 Å². The molecule has 1 fully saturated rings. The van der Waals surface area contributed by atoms with Gasteiger partial charge in [-0.15, -0.1) is 0 Å². The highest BCUT2D eigenvalue weighted by Gasteiger charge is 2.27. The van der Waals surface area contributed by atoms with Gasteiger partial charge in [-0.3, -0.25) is 10.1 Å². The standard InChI is InChI=1S/C15H22N2O3/c16-15(9-4-1-5-10-15)12-20-11-8-13-6-2-3-7-14(13)17(18)19/h2-3,6-7H,1,4-5,8-12,16H2. The fourth-order valence-corrected chi connectivity index (χ4v) is 2.76. The highest BCUT2D eigenvalue weighted by Crippen LogP contribution is 2.26. The molecule has 0 saturated heterocycles. The molecule has 1 aromatic carbocycles. The van der Waals surface area contributed by atoms with Gasteiger partial charge in [-0.2, -0.15) is 0 Å². The third-order valence-electron chi connectivity index (χ3n) is 3.94. The second-order valence-corrected chi connectivity index (χ2v) is 5.61. The number of nitro groups is 1. The maximum Gasteiger partial charge on any atom is 0.272 e. The summed E-state index contributed by atoms with van der Waals surface area (Å²) in [6.45, 7) is 1.03. The van der Waals surface area contributed by atoms with Crippen molar-refractivity contribution >= 4 is 5.69 Å². The molecule has 2 N–H and O–H groups in total. The summed E-state index contributed by atoms with van der Waals surface area (Å²) in [4.78, 5) is 10.6. The van der Waals surface area contributed by atoms with Crippen LogP contribution in [0.2, 0.25) is 0 Å². The largest absolute Gasteiger partial charge is 0.379 e. The lowest BCUT2D eigenvalue weighted by Gasteiger charge is -2.33. The van der Waals surface area contributed by atoms with Gasteiger partial charge < -0.3 is 10.5 Å². The lowest BCUT2D eigenvalue weighted by molar-refractivity contribution is -0.385. The van der Waals surface area contributed by atoms with Gasteiger partial charge in [0, 0.05) is 23.6 Å². The number of hydrogen-bond donors (Lipinski definition) is 1. The fraction of sp³-hybridized carbons (Fsp3) is 0.600. The molecule has 5 nitrogen and oxygen atoms in total. The van der Waals surface area contributed by atoms with Crippen molar-refractivity contribution in [3.63, 3.8) is 0 Å². The van der Waals surface area contributed by atoms with Gasteiger partial charge in [0.05, 0.1) is 18.1 Å². The second-order valence-electron chi connectivity index (χ2n) is 5.61. The molecule has 1 aromatic rings. The zero-order chi connectivity index (χ0) is 14.4. The molecule has 0 heterocycles. The number of ether oxygens (including phenoxy) is 1. The molecule has 110 valence electrons. The van der Waals surface area contributed by atoms with Crippen LogP contribution in [0.25, 0.3) is 0 Å². The molecule has 1 aliphatic rings. The van der Waals surface area contributed by atoms with Gasteiger partial charge in [0.25, 0.3) is 5.69 Å². The Hall–Kier alpha value is -1.46. The van der Waals surface area contributed by atoms with E-state index in [1.807, 2.05) is 6.07 Å². The molecule has 1 aliphatic carbocycles. The Bertz CT molecular complexity index is 456. The highest BCUT2D eigenvalue weighted by molar-refractivity contribution is 5.39. The number of para-hydroxylation sites is 1. The summed E-state index contributed by atoms with van der Waals surface area (Å²) in [5.41, 5.74) is 6.97. The number of benzene rings is 1. The van der Waals surface area contributed by atoms with Crippen molar-refractivity contribution in [2.75, 3.05) is 13.2 Å². The summed E-state index contributed by atoms with van der Waals surface area (Å²) in [7, 11) is 0. The molecule has 0 aliphatic heterocycles. The van der Waals surface area contributed by atoms with Gasteiger partial charge in [0.15, 0.2) is 0 Å². The van der Waals surface area contributed by atoms with Crippen molar-refractivity contribution in [3.05, 3.63) is 39.9 Å². The van der Waals surface area contributed by atoms with E-state index >= 15 is 0 Å². The summed E-state index contributed by atoms with van der Waals surface area (Å²) in [5.74, 6) is 0. The molecule has 0 atom stereocenters. The van der Waals surface area contributed by atoms with Crippen molar-refractivity contribution in [2.45, 2.75) is 44.1 Å². The number of nitrogens with zero attached hydrogens (tertiary/aromatic N) is 1. The molecule has 5 heteroatoms. The monoisotopic (exact) mass is 278 g/mol. The van der Waals surface area contributed by atoms with Crippen LogP contribution in [0.3, 0.4) is 0 Å². The van der Waals surface area contributed by atoms with E-state index in [1.165, 1.54) is 25.3 Å². The van der Waals surface area contributed by atoms with Gasteiger partial charge >= 0.3 is 0 Å². The smallest absolute Gasteiger partial charge is 0.272 e. The van der Waals surface area contributed by atoms with E-state index in [9.17, 15) is 10.1 Å². The molecular formula is C15H22N2O3. The number of hydrogen-bond acceptors (Lipinski definition) is 4. The predicted molar refractivity (Wildman–Crippen MR) is 77.6 cm³/mol. The van der Waals surface area contributed by atoms with Crippen molar-refractivity contribution in [1.29, 1.82) is 0 Å². The summed E-state index contributed by atoms with van der Waals surface area (Å²) in [6.07, 6.45) is 6.17. The number of nitro benzene ring substituents is 1. The normalized spacial score (nSPS) is 17.9. The average molecular weight is 278 g/mol. The first-order chi connectivity index (χ1) is 9.61. The van der Waals surface area contributed by atoms with Crippen LogP contribution in [-0.4, -0.2) is 23.7 Å².